The van der Waals surface area contributed by atoms with E-state index in [1.54, 1.807) is 20.8 Å². The number of rotatable bonds is 9. The van der Waals surface area contributed by atoms with Crippen molar-refractivity contribution in [2.24, 2.45) is 5.41 Å². The van der Waals surface area contributed by atoms with Gasteiger partial charge in [-0.25, -0.2) is 9.59 Å². The van der Waals surface area contributed by atoms with Gasteiger partial charge in [-0.1, -0.05) is 92.7 Å². The lowest BCUT2D eigenvalue weighted by atomic mass is 9.74. The van der Waals surface area contributed by atoms with Crippen molar-refractivity contribution in [3.8, 4) is 11.1 Å². The van der Waals surface area contributed by atoms with E-state index in [1.807, 2.05) is 66.7 Å². The van der Waals surface area contributed by atoms with Crippen LogP contribution in [0.4, 0.5) is 4.79 Å². The van der Waals surface area contributed by atoms with E-state index >= 15 is 0 Å². The lowest BCUT2D eigenvalue weighted by Crippen LogP contribution is -2.70. The number of alkyl carbamates (subject to hydrolysis) is 1. The quantitative estimate of drug-likeness (QED) is 0.402. The minimum atomic E-state index is -1.13. The zero-order valence-corrected chi connectivity index (χ0v) is 22.9. The zero-order valence-electron chi connectivity index (χ0n) is 22.9. The van der Waals surface area contributed by atoms with Crippen LogP contribution in [0, 0.1) is 5.41 Å². The molecule has 3 unspecified atom stereocenters. The van der Waals surface area contributed by atoms with E-state index in [0.29, 0.717) is 0 Å². The number of carbonyl (C=O) groups is 3. The summed E-state index contributed by atoms with van der Waals surface area (Å²) in [6, 6.07) is 23.4. The van der Waals surface area contributed by atoms with Crippen LogP contribution >= 0.6 is 0 Å². The lowest BCUT2D eigenvalue weighted by molar-refractivity contribution is -0.174. The van der Waals surface area contributed by atoms with Gasteiger partial charge in [-0.05, 0) is 34.7 Å². The van der Waals surface area contributed by atoms with E-state index in [4.69, 9.17) is 9.47 Å². The number of fused-ring (bicyclic) bond motifs is 3. The summed E-state index contributed by atoms with van der Waals surface area (Å²) in [5.74, 6) is -1.73. The first-order valence-corrected chi connectivity index (χ1v) is 13.5. The van der Waals surface area contributed by atoms with E-state index in [9.17, 15) is 19.5 Å². The Bertz CT molecular complexity index is 1360. The molecule has 1 aliphatic carbocycles. The third-order valence-corrected chi connectivity index (χ3v) is 7.85. The molecule has 0 radical (unpaired) electrons. The van der Waals surface area contributed by atoms with Crippen molar-refractivity contribution in [2.75, 3.05) is 13.2 Å². The number of ether oxygens (including phenoxy) is 2. The number of amides is 2. The molecule has 2 aliphatic rings. The predicted molar refractivity (Wildman–Crippen MR) is 150 cm³/mol. The summed E-state index contributed by atoms with van der Waals surface area (Å²) in [5, 5.41) is 12.5. The first kappa shape index (κ1) is 27.4. The highest BCUT2D eigenvalue weighted by molar-refractivity contribution is 5.91. The Morgan fingerprint density at radius 1 is 0.950 bits per heavy atom. The van der Waals surface area contributed by atoms with Gasteiger partial charge in [0.2, 0.25) is 5.91 Å². The summed E-state index contributed by atoms with van der Waals surface area (Å²) >= 11 is 0. The number of carboxylic acids is 1. The molecule has 1 heterocycles. The monoisotopic (exact) mass is 542 g/mol. The van der Waals surface area contributed by atoms with Gasteiger partial charge < -0.3 is 24.8 Å². The van der Waals surface area contributed by atoms with Crippen LogP contribution in [-0.4, -0.2) is 59.3 Å². The van der Waals surface area contributed by atoms with Gasteiger partial charge in [0.1, 0.15) is 18.7 Å². The molecule has 0 bridgehead atoms. The van der Waals surface area contributed by atoms with Crippen molar-refractivity contribution < 1.29 is 29.0 Å². The third-order valence-electron chi connectivity index (χ3n) is 7.85. The molecule has 8 nitrogen and oxygen atoms in total. The smallest absolute Gasteiger partial charge is 0.407 e. The van der Waals surface area contributed by atoms with Crippen LogP contribution in [0.1, 0.15) is 43.4 Å². The van der Waals surface area contributed by atoms with Gasteiger partial charge in [0.25, 0.3) is 0 Å². The summed E-state index contributed by atoms with van der Waals surface area (Å²) in [6.45, 7) is 5.88. The van der Waals surface area contributed by atoms with Crippen LogP contribution < -0.4 is 5.32 Å². The molecule has 40 heavy (non-hydrogen) atoms. The molecule has 0 saturated carbocycles. The highest BCUT2D eigenvalue weighted by atomic mass is 16.5. The normalized spacial score (nSPS) is 18.6. The molecular formula is C32H34N2O6. The summed E-state index contributed by atoms with van der Waals surface area (Å²) < 4.78 is 11.7. The number of nitrogens with one attached hydrogen (secondary N) is 1. The molecule has 3 aromatic carbocycles. The fourth-order valence-electron chi connectivity index (χ4n) is 5.82. The topological polar surface area (TPSA) is 105 Å². The number of carboxylic acid groups (broad SMARTS) is 1. The van der Waals surface area contributed by atoms with Crippen molar-refractivity contribution in [3.63, 3.8) is 0 Å². The minimum Gasteiger partial charge on any atom is -0.480 e. The van der Waals surface area contributed by atoms with Crippen LogP contribution in [0.3, 0.4) is 0 Å². The number of aliphatic carboxylic acids is 1. The first-order valence-electron chi connectivity index (χ1n) is 13.5. The predicted octanol–water partition coefficient (Wildman–Crippen LogP) is 4.82. The van der Waals surface area contributed by atoms with Gasteiger partial charge in [0, 0.05) is 17.9 Å². The number of hydrogen-bond acceptors (Lipinski definition) is 5. The van der Waals surface area contributed by atoms with Crippen molar-refractivity contribution in [2.45, 2.75) is 51.5 Å². The minimum absolute atomic E-state index is 0.0918. The van der Waals surface area contributed by atoms with Crippen molar-refractivity contribution in [1.82, 2.24) is 10.2 Å². The Kier molecular flexibility index (Phi) is 7.63. The molecule has 5 rings (SSSR count). The van der Waals surface area contributed by atoms with Crippen LogP contribution in [0.2, 0.25) is 0 Å². The number of nitrogens with zero attached hydrogens (tertiary/aromatic N) is 1. The molecule has 1 aliphatic heterocycles. The SMILES string of the molecule is CC(OCc1ccccc1)C(NC(=O)OCC1c2ccccc2-c2ccccc21)C(=O)N1CC(C)(C)C1C(=O)O. The number of likely N-dealkylation sites (tertiary alicyclic amines) is 1. The lowest BCUT2D eigenvalue weighted by Gasteiger charge is -2.52. The van der Waals surface area contributed by atoms with Gasteiger partial charge in [0.15, 0.2) is 0 Å². The molecule has 0 spiro atoms. The molecule has 0 aromatic heterocycles. The Labute approximate surface area is 233 Å². The van der Waals surface area contributed by atoms with Crippen LogP contribution in [-0.2, 0) is 25.7 Å². The van der Waals surface area contributed by atoms with Crippen molar-refractivity contribution in [3.05, 3.63) is 95.6 Å². The van der Waals surface area contributed by atoms with Crippen LogP contribution in [0.5, 0.6) is 0 Å². The summed E-state index contributed by atoms with van der Waals surface area (Å²) in [4.78, 5) is 40.0. The van der Waals surface area contributed by atoms with Crippen molar-refractivity contribution >= 4 is 18.0 Å². The van der Waals surface area contributed by atoms with Crippen molar-refractivity contribution in [1.29, 1.82) is 0 Å². The number of carbonyl (C=O) groups excluding carboxylic acids is 2. The second-order valence-corrected chi connectivity index (χ2v) is 11.1. The Balaban J connectivity index is 1.30. The van der Waals surface area contributed by atoms with Gasteiger partial charge in [0.05, 0.1) is 12.7 Å². The van der Waals surface area contributed by atoms with E-state index in [1.165, 1.54) is 4.90 Å². The molecule has 2 amide bonds. The molecule has 3 aromatic rings. The molecule has 208 valence electrons. The summed E-state index contributed by atoms with van der Waals surface area (Å²) in [5.41, 5.74) is 4.72. The second-order valence-electron chi connectivity index (χ2n) is 11.1. The Morgan fingerprint density at radius 2 is 1.52 bits per heavy atom. The van der Waals surface area contributed by atoms with E-state index in [-0.39, 0.29) is 25.7 Å². The maximum absolute atomic E-state index is 13.6. The summed E-state index contributed by atoms with van der Waals surface area (Å²) in [6.07, 6.45) is -1.51. The fraction of sp³-hybridized carbons (Fsp3) is 0.344. The average molecular weight is 543 g/mol. The summed E-state index contributed by atoms with van der Waals surface area (Å²) in [7, 11) is 0. The van der Waals surface area contributed by atoms with E-state index in [2.05, 4.69) is 17.4 Å². The van der Waals surface area contributed by atoms with Gasteiger partial charge in [-0.15, -0.1) is 0 Å². The molecule has 1 saturated heterocycles. The molecule has 2 N–H and O–H groups in total. The fourth-order valence-corrected chi connectivity index (χ4v) is 5.82. The average Bonchev–Trinajstić information content (AvgIpc) is 3.26. The maximum atomic E-state index is 13.6. The third kappa shape index (κ3) is 5.31. The molecular weight excluding hydrogens is 508 g/mol. The second kappa shape index (κ2) is 11.1. The zero-order chi connectivity index (χ0) is 28.4. The molecule has 8 heteroatoms. The first-order chi connectivity index (χ1) is 19.2. The van der Waals surface area contributed by atoms with Crippen LogP contribution in [0.25, 0.3) is 11.1 Å². The highest BCUT2D eigenvalue weighted by Gasteiger charge is 2.54. The highest BCUT2D eigenvalue weighted by Crippen LogP contribution is 2.44. The van der Waals surface area contributed by atoms with Crippen LogP contribution in [0.15, 0.2) is 78.9 Å². The molecule has 1 fully saturated rings. The standard InChI is InChI=1S/C32H34N2O6/c1-20(39-17-21-11-5-4-6-12-21)27(29(35)34-19-32(2,3)28(34)30(36)37)33-31(38)40-18-26-24-15-9-7-13-22(24)23-14-8-10-16-25(23)26/h4-16,20,26-28H,17-19H2,1-3H3,(H,33,38)(H,36,37). The van der Waals surface area contributed by atoms with Gasteiger partial charge in [-0.2, -0.15) is 0 Å². The van der Waals surface area contributed by atoms with E-state index in [0.717, 1.165) is 27.8 Å². The number of benzene rings is 3. The largest absolute Gasteiger partial charge is 0.480 e. The number of hydrogen-bond donors (Lipinski definition) is 2. The molecule has 3 atom stereocenters. The van der Waals surface area contributed by atoms with Gasteiger partial charge >= 0.3 is 12.1 Å². The van der Waals surface area contributed by atoms with Gasteiger partial charge in [-0.3, -0.25) is 4.79 Å². The Morgan fingerprint density at radius 3 is 2.10 bits per heavy atom. The maximum Gasteiger partial charge on any atom is 0.407 e. The van der Waals surface area contributed by atoms with E-state index < -0.39 is 41.6 Å². The Hall–Kier alpha value is -4.17.